The van der Waals surface area contributed by atoms with Gasteiger partial charge in [-0.25, -0.2) is 0 Å². The summed E-state index contributed by atoms with van der Waals surface area (Å²) in [6.45, 7) is 4.34. The Bertz CT molecular complexity index is 667. The van der Waals surface area contributed by atoms with Gasteiger partial charge in [0.1, 0.15) is 0 Å². The van der Waals surface area contributed by atoms with Gasteiger partial charge in [-0.2, -0.15) is 5.26 Å². The van der Waals surface area contributed by atoms with E-state index in [1.54, 1.807) is 0 Å². The summed E-state index contributed by atoms with van der Waals surface area (Å²) in [5.41, 5.74) is 3.36. The summed E-state index contributed by atoms with van der Waals surface area (Å²) in [5.74, 6) is 0. The predicted molar refractivity (Wildman–Crippen MR) is 97.6 cm³/mol. The first-order valence-electron chi connectivity index (χ1n) is 8.82. The van der Waals surface area contributed by atoms with Crippen LogP contribution in [0.15, 0.2) is 54.6 Å². The van der Waals surface area contributed by atoms with Crippen LogP contribution in [0.4, 0.5) is 0 Å². The Morgan fingerprint density at radius 3 is 2.50 bits per heavy atom. The third kappa shape index (κ3) is 4.92. The van der Waals surface area contributed by atoms with Crippen LogP contribution in [0.2, 0.25) is 0 Å². The van der Waals surface area contributed by atoms with Crippen LogP contribution in [0.3, 0.4) is 0 Å². The molecule has 1 aliphatic heterocycles. The lowest BCUT2D eigenvalue weighted by Crippen LogP contribution is -2.42. The molecular weight excluding hydrogens is 294 g/mol. The summed E-state index contributed by atoms with van der Waals surface area (Å²) in [7, 11) is 0. The minimum atomic E-state index is 0.587. The van der Waals surface area contributed by atoms with Crippen LogP contribution >= 0.6 is 0 Å². The molecule has 1 fully saturated rings. The van der Waals surface area contributed by atoms with E-state index < -0.39 is 0 Å². The maximum atomic E-state index is 8.97. The van der Waals surface area contributed by atoms with Gasteiger partial charge in [0.25, 0.3) is 0 Å². The van der Waals surface area contributed by atoms with E-state index in [1.807, 2.05) is 18.2 Å². The largest absolute Gasteiger partial charge is 0.310 e. The number of likely N-dealkylation sites (tertiary alicyclic amines) is 1. The number of hydrogen-bond acceptors (Lipinski definition) is 3. The molecule has 0 saturated carbocycles. The molecule has 0 amide bonds. The van der Waals surface area contributed by atoms with Crippen LogP contribution < -0.4 is 5.32 Å². The molecule has 1 aliphatic rings. The van der Waals surface area contributed by atoms with Gasteiger partial charge in [0.2, 0.25) is 0 Å². The molecule has 2 aromatic rings. The number of nitrogens with zero attached hydrogens (tertiary/aromatic N) is 2. The molecule has 0 bridgehead atoms. The quantitative estimate of drug-likeness (QED) is 0.887. The van der Waals surface area contributed by atoms with Gasteiger partial charge in [-0.3, -0.25) is 0 Å². The number of rotatable bonds is 6. The van der Waals surface area contributed by atoms with E-state index in [2.05, 4.69) is 52.7 Å². The average molecular weight is 319 g/mol. The summed E-state index contributed by atoms with van der Waals surface area (Å²) in [4.78, 5) is 2.57. The van der Waals surface area contributed by atoms with Crippen LogP contribution in [0.25, 0.3) is 0 Å². The van der Waals surface area contributed by atoms with Gasteiger partial charge in [-0.15, -0.1) is 0 Å². The molecular formula is C21H25N3. The summed E-state index contributed by atoms with van der Waals surface area (Å²) < 4.78 is 0. The average Bonchev–Trinajstić information content (AvgIpc) is 2.66. The molecule has 3 rings (SSSR count). The fraction of sp³-hybridized carbons (Fsp3) is 0.381. The first kappa shape index (κ1) is 16.7. The fourth-order valence-electron chi connectivity index (χ4n) is 3.31. The van der Waals surface area contributed by atoms with E-state index in [4.69, 9.17) is 5.26 Å². The van der Waals surface area contributed by atoms with Gasteiger partial charge in [-0.05, 0) is 55.6 Å². The second-order valence-corrected chi connectivity index (χ2v) is 6.54. The fourth-order valence-corrected chi connectivity index (χ4v) is 3.31. The Morgan fingerprint density at radius 2 is 1.75 bits per heavy atom. The van der Waals surface area contributed by atoms with Crippen molar-refractivity contribution in [3.8, 4) is 6.07 Å². The molecule has 3 heteroatoms. The lowest BCUT2D eigenvalue weighted by molar-refractivity contribution is 0.199. The highest BCUT2D eigenvalue weighted by Crippen LogP contribution is 2.13. The monoisotopic (exact) mass is 319 g/mol. The standard InChI is InChI=1S/C21H25N3/c22-16-19-7-4-8-20(15-19)17-23-21-10-13-24(14-11-21)12-9-18-5-2-1-3-6-18/h1-8,15,21,23H,9-14,17H2. The van der Waals surface area contributed by atoms with Crippen molar-refractivity contribution in [1.29, 1.82) is 5.26 Å². The highest BCUT2D eigenvalue weighted by molar-refractivity contribution is 5.32. The summed E-state index contributed by atoms with van der Waals surface area (Å²) in [5, 5.41) is 12.6. The zero-order chi connectivity index (χ0) is 16.6. The molecule has 0 unspecified atom stereocenters. The highest BCUT2D eigenvalue weighted by Gasteiger charge is 2.18. The van der Waals surface area contributed by atoms with Gasteiger partial charge >= 0.3 is 0 Å². The first-order valence-corrected chi connectivity index (χ1v) is 8.82. The van der Waals surface area contributed by atoms with E-state index in [-0.39, 0.29) is 0 Å². The van der Waals surface area contributed by atoms with Crippen LogP contribution in [0.1, 0.15) is 29.5 Å². The van der Waals surface area contributed by atoms with Gasteiger partial charge in [-0.1, -0.05) is 42.5 Å². The molecule has 1 heterocycles. The molecule has 0 aromatic heterocycles. The number of hydrogen-bond donors (Lipinski definition) is 1. The van der Waals surface area contributed by atoms with Crippen LogP contribution in [0.5, 0.6) is 0 Å². The topological polar surface area (TPSA) is 39.1 Å². The zero-order valence-corrected chi connectivity index (χ0v) is 14.1. The number of nitrogens with one attached hydrogen (secondary N) is 1. The Kier molecular flexibility index (Phi) is 6.01. The lowest BCUT2D eigenvalue weighted by Gasteiger charge is -2.32. The molecule has 1 saturated heterocycles. The van der Waals surface area contributed by atoms with E-state index in [0.29, 0.717) is 6.04 Å². The maximum absolute atomic E-state index is 8.97. The maximum Gasteiger partial charge on any atom is 0.0991 e. The SMILES string of the molecule is N#Cc1cccc(CNC2CCN(CCc3ccccc3)CC2)c1. The van der Waals surface area contributed by atoms with Gasteiger partial charge in [0.05, 0.1) is 11.6 Å². The summed E-state index contributed by atoms with van der Waals surface area (Å²) >= 11 is 0. The van der Waals surface area contributed by atoms with Crippen molar-refractivity contribution >= 4 is 0 Å². The minimum absolute atomic E-state index is 0.587. The molecule has 1 N–H and O–H groups in total. The first-order chi connectivity index (χ1) is 11.8. The van der Waals surface area contributed by atoms with E-state index >= 15 is 0 Å². The van der Waals surface area contributed by atoms with Crippen LogP contribution in [-0.2, 0) is 13.0 Å². The Labute approximate surface area is 144 Å². The summed E-state index contributed by atoms with van der Waals surface area (Å²) in [6.07, 6.45) is 3.54. The van der Waals surface area contributed by atoms with Crippen molar-refractivity contribution in [3.63, 3.8) is 0 Å². The molecule has 0 aliphatic carbocycles. The normalized spacial score (nSPS) is 16.0. The Hall–Kier alpha value is -2.15. The molecule has 3 nitrogen and oxygen atoms in total. The van der Waals surface area contributed by atoms with Gasteiger partial charge in [0.15, 0.2) is 0 Å². The predicted octanol–water partition coefficient (Wildman–Crippen LogP) is 3.35. The Balaban J connectivity index is 1.38. The van der Waals surface area contributed by atoms with Gasteiger partial charge < -0.3 is 10.2 Å². The molecule has 0 spiro atoms. The van der Waals surface area contributed by atoms with Crippen molar-refractivity contribution < 1.29 is 0 Å². The van der Waals surface area contributed by atoms with Crippen molar-refractivity contribution in [2.24, 2.45) is 0 Å². The van der Waals surface area contributed by atoms with Gasteiger partial charge in [0, 0.05) is 19.1 Å². The number of benzene rings is 2. The zero-order valence-electron chi connectivity index (χ0n) is 14.1. The number of piperidine rings is 1. The molecule has 2 aromatic carbocycles. The second kappa shape index (κ2) is 8.63. The highest BCUT2D eigenvalue weighted by atomic mass is 15.1. The van der Waals surface area contributed by atoms with Crippen LogP contribution in [0, 0.1) is 11.3 Å². The lowest BCUT2D eigenvalue weighted by atomic mass is 10.0. The third-order valence-corrected chi connectivity index (χ3v) is 4.80. The number of nitriles is 1. The van der Waals surface area contributed by atoms with Crippen molar-refractivity contribution in [1.82, 2.24) is 10.2 Å². The van der Waals surface area contributed by atoms with Crippen molar-refractivity contribution in [2.75, 3.05) is 19.6 Å². The van der Waals surface area contributed by atoms with Crippen LogP contribution in [-0.4, -0.2) is 30.6 Å². The molecule has 0 radical (unpaired) electrons. The van der Waals surface area contributed by atoms with Crippen molar-refractivity contribution in [2.45, 2.75) is 31.8 Å². The second-order valence-electron chi connectivity index (χ2n) is 6.54. The van der Waals surface area contributed by atoms with E-state index in [0.717, 1.165) is 25.1 Å². The van der Waals surface area contributed by atoms with Crippen molar-refractivity contribution in [3.05, 3.63) is 71.3 Å². The van der Waals surface area contributed by atoms with E-state index in [1.165, 1.54) is 37.1 Å². The molecule has 124 valence electrons. The summed E-state index contributed by atoms with van der Waals surface area (Å²) in [6, 6.07) is 21.4. The smallest absolute Gasteiger partial charge is 0.0991 e. The third-order valence-electron chi connectivity index (χ3n) is 4.80. The molecule has 24 heavy (non-hydrogen) atoms. The minimum Gasteiger partial charge on any atom is -0.310 e. The molecule has 0 atom stereocenters. The van der Waals surface area contributed by atoms with E-state index in [9.17, 15) is 0 Å². The Morgan fingerprint density at radius 1 is 1.00 bits per heavy atom.